The molecule has 0 bridgehead atoms. The molecule has 2 aromatic rings. The Hall–Kier alpha value is -3.09. The maximum absolute atomic E-state index is 12.3. The van der Waals surface area contributed by atoms with Gasteiger partial charge in [0.1, 0.15) is 11.4 Å². The van der Waals surface area contributed by atoms with Crippen molar-refractivity contribution in [3.05, 3.63) is 42.6 Å². The summed E-state index contributed by atoms with van der Waals surface area (Å²) in [7, 11) is 1.63. The number of carbonyl (C=O) groups excluding carboxylic acids is 2. The number of aromatic nitrogens is 1. The molecule has 0 atom stereocenters. The molecule has 178 valence electrons. The number of benzene rings is 1. The number of hydrogen-bond donors (Lipinski definition) is 0. The number of nitrogens with zero attached hydrogens (tertiary/aromatic N) is 3. The van der Waals surface area contributed by atoms with Crippen LogP contribution in [0.5, 0.6) is 5.75 Å². The lowest BCUT2D eigenvalue weighted by Gasteiger charge is -2.34. The van der Waals surface area contributed by atoms with Crippen molar-refractivity contribution >= 4 is 29.0 Å². The molecular formula is C26H35N3O4. The zero-order valence-corrected chi connectivity index (χ0v) is 20.2. The third-order valence-electron chi connectivity index (χ3n) is 5.94. The molecule has 3 rings (SSSR count). The normalized spacial score (nSPS) is 14.7. The van der Waals surface area contributed by atoms with Gasteiger partial charge in [0.05, 0.1) is 23.9 Å². The summed E-state index contributed by atoms with van der Waals surface area (Å²) >= 11 is 0. The number of piperidine rings is 1. The van der Waals surface area contributed by atoms with Crippen molar-refractivity contribution in [3.63, 3.8) is 0 Å². The highest BCUT2D eigenvalue weighted by atomic mass is 16.6. The van der Waals surface area contributed by atoms with Crippen LogP contribution in [0, 0.1) is 5.92 Å². The number of aldehydes is 1. The first kappa shape index (κ1) is 24.6. The van der Waals surface area contributed by atoms with Crippen LogP contribution < -0.4 is 9.64 Å². The van der Waals surface area contributed by atoms with Gasteiger partial charge in [0, 0.05) is 37.8 Å². The van der Waals surface area contributed by atoms with Crippen molar-refractivity contribution in [3.8, 4) is 5.75 Å². The first-order valence-electron chi connectivity index (χ1n) is 11.5. The van der Waals surface area contributed by atoms with E-state index in [1.807, 2.05) is 45.0 Å². The van der Waals surface area contributed by atoms with Crippen LogP contribution in [0.25, 0.3) is 10.9 Å². The second-order valence-electron chi connectivity index (χ2n) is 9.50. The molecule has 7 nitrogen and oxygen atoms in total. The fourth-order valence-electron chi connectivity index (χ4n) is 4.26. The van der Waals surface area contributed by atoms with E-state index in [-0.39, 0.29) is 6.09 Å². The zero-order chi connectivity index (χ0) is 24.0. The quantitative estimate of drug-likeness (QED) is 0.410. The predicted octanol–water partition coefficient (Wildman–Crippen LogP) is 5.09. The highest BCUT2D eigenvalue weighted by Crippen LogP contribution is 2.33. The molecule has 2 heterocycles. The minimum Gasteiger partial charge on any atom is -0.497 e. The van der Waals surface area contributed by atoms with Crippen LogP contribution >= 0.6 is 0 Å². The number of ether oxygens (including phenoxy) is 2. The molecular weight excluding hydrogens is 418 g/mol. The Labute approximate surface area is 196 Å². The molecule has 1 aliphatic heterocycles. The summed E-state index contributed by atoms with van der Waals surface area (Å²) in [6.07, 6.45) is 6.94. The Morgan fingerprint density at radius 1 is 1.30 bits per heavy atom. The number of fused-ring (bicyclic) bond motifs is 1. The van der Waals surface area contributed by atoms with Crippen molar-refractivity contribution in [1.82, 2.24) is 9.88 Å². The van der Waals surface area contributed by atoms with Crippen molar-refractivity contribution in [2.24, 2.45) is 5.92 Å². The van der Waals surface area contributed by atoms with Crippen LogP contribution in [0.3, 0.4) is 0 Å². The first-order valence-corrected chi connectivity index (χ1v) is 11.5. The molecule has 1 aliphatic rings. The zero-order valence-electron chi connectivity index (χ0n) is 20.2. The highest BCUT2D eigenvalue weighted by molar-refractivity contribution is 6.01. The van der Waals surface area contributed by atoms with Crippen LogP contribution in [0.4, 0.5) is 10.5 Å². The fraction of sp³-hybridized carbons (Fsp3) is 0.500. The molecule has 7 heteroatoms. The largest absolute Gasteiger partial charge is 0.497 e. The third kappa shape index (κ3) is 6.24. The second kappa shape index (κ2) is 10.7. The summed E-state index contributed by atoms with van der Waals surface area (Å²) in [5.74, 6) is 1.22. The summed E-state index contributed by atoms with van der Waals surface area (Å²) in [5.41, 5.74) is 1.75. The van der Waals surface area contributed by atoms with Crippen molar-refractivity contribution in [1.29, 1.82) is 0 Å². The molecule has 0 aliphatic carbocycles. The highest BCUT2D eigenvalue weighted by Gasteiger charge is 2.27. The Morgan fingerprint density at radius 3 is 2.64 bits per heavy atom. The van der Waals surface area contributed by atoms with Gasteiger partial charge in [-0.2, -0.15) is 0 Å². The maximum Gasteiger partial charge on any atom is 0.410 e. The van der Waals surface area contributed by atoms with E-state index < -0.39 is 5.60 Å². The number of anilines is 1. The van der Waals surface area contributed by atoms with Crippen LogP contribution in [-0.4, -0.2) is 61.2 Å². The van der Waals surface area contributed by atoms with Crippen molar-refractivity contribution in [2.75, 3.05) is 38.2 Å². The van der Waals surface area contributed by atoms with E-state index in [1.165, 1.54) is 0 Å². The van der Waals surface area contributed by atoms with Gasteiger partial charge in [0.15, 0.2) is 6.29 Å². The Morgan fingerprint density at radius 2 is 2.03 bits per heavy atom. The van der Waals surface area contributed by atoms with Gasteiger partial charge < -0.3 is 19.3 Å². The summed E-state index contributed by atoms with van der Waals surface area (Å²) in [6.45, 7) is 12.4. The van der Waals surface area contributed by atoms with Gasteiger partial charge in [-0.15, -0.1) is 6.58 Å². The summed E-state index contributed by atoms with van der Waals surface area (Å²) in [6, 6.07) is 5.71. The Bertz CT molecular complexity index is 991. The number of methoxy groups -OCH3 is 1. The lowest BCUT2D eigenvalue weighted by molar-refractivity contribution is 0.0182. The van der Waals surface area contributed by atoms with Gasteiger partial charge in [0.25, 0.3) is 0 Å². The predicted molar refractivity (Wildman–Crippen MR) is 131 cm³/mol. The van der Waals surface area contributed by atoms with Gasteiger partial charge in [-0.05, 0) is 64.2 Å². The number of pyridine rings is 1. The monoisotopic (exact) mass is 453 g/mol. The molecule has 33 heavy (non-hydrogen) atoms. The van der Waals surface area contributed by atoms with E-state index in [9.17, 15) is 9.59 Å². The van der Waals surface area contributed by atoms with Gasteiger partial charge in [-0.25, -0.2) is 4.79 Å². The number of rotatable bonds is 8. The van der Waals surface area contributed by atoms with Crippen molar-refractivity contribution in [2.45, 2.75) is 45.6 Å². The Balaban J connectivity index is 1.72. The third-order valence-corrected chi connectivity index (χ3v) is 5.94. The molecule has 0 N–H and O–H groups in total. The van der Waals surface area contributed by atoms with E-state index in [0.29, 0.717) is 31.1 Å². The maximum atomic E-state index is 12.3. The van der Waals surface area contributed by atoms with Crippen LogP contribution in [-0.2, 0) is 4.74 Å². The van der Waals surface area contributed by atoms with Gasteiger partial charge >= 0.3 is 6.09 Å². The number of carbonyl (C=O) groups is 2. The average molecular weight is 454 g/mol. The molecule has 1 saturated heterocycles. The van der Waals surface area contributed by atoms with Crippen LogP contribution in [0.15, 0.2) is 37.1 Å². The molecule has 0 spiro atoms. The fourth-order valence-corrected chi connectivity index (χ4v) is 4.26. The van der Waals surface area contributed by atoms with Crippen LogP contribution in [0.1, 0.15) is 50.4 Å². The van der Waals surface area contributed by atoms with Crippen molar-refractivity contribution < 1.29 is 19.1 Å². The van der Waals surface area contributed by atoms with E-state index in [0.717, 1.165) is 54.4 Å². The lowest BCUT2D eigenvalue weighted by Crippen LogP contribution is -2.42. The summed E-state index contributed by atoms with van der Waals surface area (Å²) < 4.78 is 10.9. The molecule has 1 aromatic carbocycles. The molecule has 0 radical (unpaired) electrons. The minimum atomic E-state index is -0.481. The smallest absolute Gasteiger partial charge is 0.410 e. The average Bonchev–Trinajstić information content (AvgIpc) is 2.80. The number of hydrogen-bond acceptors (Lipinski definition) is 6. The number of likely N-dealkylation sites (tertiary alicyclic amines) is 1. The topological polar surface area (TPSA) is 72.0 Å². The summed E-state index contributed by atoms with van der Waals surface area (Å²) in [5, 5.41) is 0.889. The Kier molecular flexibility index (Phi) is 7.95. The van der Waals surface area contributed by atoms with Crippen LogP contribution in [0.2, 0.25) is 0 Å². The van der Waals surface area contributed by atoms with E-state index in [1.54, 1.807) is 18.2 Å². The van der Waals surface area contributed by atoms with Gasteiger partial charge in [-0.1, -0.05) is 6.08 Å². The molecule has 1 amide bonds. The van der Waals surface area contributed by atoms with E-state index in [2.05, 4.69) is 16.5 Å². The minimum absolute atomic E-state index is 0.234. The second-order valence-corrected chi connectivity index (χ2v) is 9.50. The van der Waals surface area contributed by atoms with Gasteiger partial charge in [0.2, 0.25) is 0 Å². The molecule has 0 saturated carbocycles. The van der Waals surface area contributed by atoms with E-state index >= 15 is 0 Å². The standard InChI is InChI=1S/C26H35N3O4/c1-6-12-28(13-9-19-10-14-29(15-11-19)25(31)33-26(2,3)4)24-20(18-30)17-27-23-8-7-21(32-5)16-22(23)24/h6-8,16-19H,1,9-15H2,2-5H3. The SMILES string of the molecule is C=CCN(CCC1CCN(C(=O)OC(C)(C)C)CC1)c1c(C=O)cnc2ccc(OC)cc12. The molecule has 1 fully saturated rings. The van der Waals surface area contributed by atoms with Gasteiger partial charge in [-0.3, -0.25) is 9.78 Å². The first-order chi connectivity index (χ1) is 15.8. The summed E-state index contributed by atoms with van der Waals surface area (Å²) in [4.78, 5) is 32.6. The lowest BCUT2D eigenvalue weighted by atomic mass is 9.93. The molecule has 1 aromatic heterocycles. The molecule has 0 unspecified atom stereocenters. The number of amides is 1. The van der Waals surface area contributed by atoms with E-state index in [4.69, 9.17) is 9.47 Å².